The van der Waals surface area contributed by atoms with Gasteiger partial charge in [-0.3, -0.25) is 18.7 Å². The number of aryl methyl sites for hydroxylation is 3. The van der Waals surface area contributed by atoms with Gasteiger partial charge in [-0.25, -0.2) is 14.8 Å². The van der Waals surface area contributed by atoms with Gasteiger partial charge in [0.1, 0.15) is 11.4 Å². The monoisotopic (exact) mass is 493 g/mol. The van der Waals surface area contributed by atoms with Crippen molar-refractivity contribution >= 4 is 28.1 Å². The summed E-state index contributed by atoms with van der Waals surface area (Å²) in [7, 11) is 2.99. The average molecular weight is 494 g/mol. The molecule has 0 saturated carbocycles. The summed E-state index contributed by atoms with van der Waals surface area (Å²) in [4.78, 5) is 48.7. The number of likely N-dealkylation sites (tertiary alicyclic amines) is 1. The lowest BCUT2D eigenvalue weighted by Gasteiger charge is -2.43. The zero-order chi connectivity index (χ0) is 25.8. The summed E-state index contributed by atoms with van der Waals surface area (Å²) >= 11 is 0. The molecule has 0 radical (unpaired) electrons. The fourth-order valence-electron chi connectivity index (χ4n) is 5.44. The number of piperidine rings is 1. The van der Waals surface area contributed by atoms with Gasteiger partial charge in [0, 0.05) is 33.6 Å². The molecule has 11 heteroatoms. The fourth-order valence-corrected chi connectivity index (χ4v) is 5.44. The molecule has 2 atom stereocenters. The molecule has 0 spiro atoms. The topological polar surface area (TPSA) is 120 Å². The van der Waals surface area contributed by atoms with Crippen molar-refractivity contribution in [1.29, 1.82) is 0 Å². The van der Waals surface area contributed by atoms with Gasteiger partial charge in [0.25, 0.3) is 5.56 Å². The Bertz CT molecular complexity index is 1590. The number of hydrogen-bond acceptors (Lipinski definition) is 6. The zero-order valence-electron chi connectivity index (χ0n) is 21.0. The van der Waals surface area contributed by atoms with E-state index in [1.807, 2.05) is 31.2 Å². The van der Waals surface area contributed by atoms with E-state index in [9.17, 15) is 19.5 Å². The third-order valence-corrected chi connectivity index (χ3v) is 7.38. The summed E-state index contributed by atoms with van der Waals surface area (Å²) in [5.41, 5.74) is 0.361. The quantitative estimate of drug-likeness (QED) is 0.445. The first kappa shape index (κ1) is 24.0. The third-order valence-electron chi connectivity index (χ3n) is 7.38. The van der Waals surface area contributed by atoms with Crippen LogP contribution < -0.4 is 11.2 Å². The molecule has 1 amide bonds. The van der Waals surface area contributed by atoms with Crippen LogP contribution in [0.15, 0.2) is 40.2 Å². The lowest BCUT2D eigenvalue weighted by molar-refractivity contribution is -0.140. The van der Waals surface area contributed by atoms with Crippen molar-refractivity contribution in [1.82, 2.24) is 33.1 Å². The van der Waals surface area contributed by atoms with Gasteiger partial charge in [0.2, 0.25) is 5.91 Å². The van der Waals surface area contributed by atoms with E-state index in [0.29, 0.717) is 32.4 Å². The van der Waals surface area contributed by atoms with Crippen LogP contribution in [-0.4, -0.2) is 62.8 Å². The standard InChI is InChI=1S/C25H31N7O4/c1-16-27-17-8-5-6-9-18(17)31(16)12-7-10-20(33)30-13-11-19(25(2,36)14-30)32-15-26-22-21(32)23(34)29(4)24(35)28(22)3/h5-6,8-9,15,19,36H,7,10-14H2,1-4H3/t19-,25-/m1/s1. The maximum Gasteiger partial charge on any atom is 0.332 e. The number of β-amino-alcohol motifs (C(OH)–C–C–N with tert-alkyl or cyclic N) is 1. The number of benzene rings is 1. The highest BCUT2D eigenvalue weighted by molar-refractivity contribution is 5.77. The van der Waals surface area contributed by atoms with Crippen LogP contribution in [0.3, 0.4) is 0 Å². The lowest BCUT2D eigenvalue weighted by atomic mass is 9.88. The number of aliphatic hydroxyl groups is 1. The van der Waals surface area contributed by atoms with E-state index in [-0.39, 0.29) is 23.6 Å². The van der Waals surface area contributed by atoms with Crippen molar-refractivity contribution in [2.45, 2.75) is 51.3 Å². The van der Waals surface area contributed by atoms with Gasteiger partial charge >= 0.3 is 5.69 Å². The minimum atomic E-state index is -1.28. The Morgan fingerprint density at radius 2 is 1.94 bits per heavy atom. The van der Waals surface area contributed by atoms with Crippen LogP contribution in [0.4, 0.5) is 0 Å². The van der Waals surface area contributed by atoms with Crippen molar-refractivity contribution in [2.75, 3.05) is 13.1 Å². The lowest BCUT2D eigenvalue weighted by Crippen LogP contribution is -2.54. The van der Waals surface area contributed by atoms with E-state index < -0.39 is 22.9 Å². The molecule has 1 saturated heterocycles. The number of carbonyl (C=O) groups is 1. The summed E-state index contributed by atoms with van der Waals surface area (Å²) < 4.78 is 6.15. The van der Waals surface area contributed by atoms with Gasteiger partial charge in [-0.15, -0.1) is 0 Å². The fraction of sp³-hybridized carbons (Fsp3) is 0.480. The molecule has 3 aromatic heterocycles. The molecule has 190 valence electrons. The molecular formula is C25H31N7O4. The van der Waals surface area contributed by atoms with Crippen LogP contribution in [0.5, 0.6) is 0 Å². The summed E-state index contributed by atoms with van der Waals surface area (Å²) in [6.07, 6.45) is 2.99. The molecule has 0 bridgehead atoms. The van der Waals surface area contributed by atoms with Crippen LogP contribution in [0, 0.1) is 6.92 Å². The molecule has 1 N–H and O–H groups in total. The molecule has 0 aliphatic carbocycles. The minimum absolute atomic E-state index is 0.00963. The van der Waals surface area contributed by atoms with E-state index in [0.717, 1.165) is 21.4 Å². The molecule has 4 heterocycles. The first-order chi connectivity index (χ1) is 17.1. The first-order valence-electron chi connectivity index (χ1n) is 12.1. The minimum Gasteiger partial charge on any atom is -0.386 e. The number of imidazole rings is 2. The Hall–Kier alpha value is -3.73. The normalized spacial score (nSPS) is 20.5. The molecule has 1 aliphatic rings. The van der Waals surface area contributed by atoms with Gasteiger partial charge < -0.3 is 19.1 Å². The number of carbonyl (C=O) groups excluding carboxylic acids is 1. The van der Waals surface area contributed by atoms with Crippen LogP contribution in [0.2, 0.25) is 0 Å². The van der Waals surface area contributed by atoms with E-state index in [1.165, 1.54) is 17.9 Å². The number of nitrogens with zero attached hydrogens (tertiary/aromatic N) is 7. The number of rotatable bonds is 5. The Kier molecular flexibility index (Phi) is 5.82. The van der Waals surface area contributed by atoms with Crippen molar-refractivity contribution in [3.63, 3.8) is 0 Å². The second-order valence-electron chi connectivity index (χ2n) is 9.91. The van der Waals surface area contributed by atoms with Gasteiger partial charge in [-0.1, -0.05) is 12.1 Å². The van der Waals surface area contributed by atoms with Gasteiger partial charge in [-0.05, 0) is 38.8 Å². The molecule has 1 aromatic carbocycles. The average Bonchev–Trinajstić information content (AvgIpc) is 3.42. The first-order valence-corrected chi connectivity index (χ1v) is 12.1. The summed E-state index contributed by atoms with van der Waals surface area (Å²) in [6.45, 7) is 4.94. The number of fused-ring (bicyclic) bond motifs is 2. The molecule has 5 rings (SSSR count). The Morgan fingerprint density at radius 3 is 2.69 bits per heavy atom. The predicted molar refractivity (Wildman–Crippen MR) is 135 cm³/mol. The number of hydrogen-bond donors (Lipinski definition) is 1. The highest BCUT2D eigenvalue weighted by Gasteiger charge is 2.41. The van der Waals surface area contributed by atoms with Crippen LogP contribution in [0.25, 0.3) is 22.2 Å². The van der Waals surface area contributed by atoms with Crippen LogP contribution in [-0.2, 0) is 25.4 Å². The Morgan fingerprint density at radius 1 is 1.19 bits per heavy atom. The molecule has 4 aromatic rings. The largest absolute Gasteiger partial charge is 0.386 e. The highest BCUT2D eigenvalue weighted by Crippen LogP contribution is 2.33. The van der Waals surface area contributed by atoms with Crippen molar-refractivity contribution in [3.8, 4) is 0 Å². The molecule has 11 nitrogen and oxygen atoms in total. The highest BCUT2D eigenvalue weighted by atomic mass is 16.3. The number of aromatic nitrogens is 6. The Balaban J connectivity index is 1.29. The van der Waals surface area contributed by atoms with Gasteiger partial charge in [-0.2, -0.15) is 0 Å². The molecule has 36 heavy (non-hydrogen) atoms. The summed E-state index contributed by atoms with van der Waals surface area (Å²) in [5, 5.41) is 11.4. The SMILES string of the molecule is Cc1nc2ccccc2n1CCCC(=O)N1CC[C@@H](n2cnc3c2c(=O)n(C)c(=O)n3C)[C@](C)(O)C1. The summed E-state index contributed by atoms with van der Waals surface area (Å²) in [5.74, 6) is 0.910. The third kappa shape index (κ3) is 3.83. The van der Waals surface area contributed by atoms with E-state index in [1.54, 1.807) is 23.4 Å². The molecule has 0 unspecified atom stereocenters. The molecule has 1 fully saturated rings. The Labute approximate surface area is 207 Å². The second-order valence-corrected chi connectivity index (χ2v) is 9.91. The smallest absolute Gasteiger partial charge is 0.332 e. The number of para-hydroxylation sites is 2. The maximum absolute atomic E-state index is 13.0. The van der Waals surface area contributed by atoms with Crippen molar-refractivity contribution in [2.24, 2.45) is 14.1 Å². The maximum atomic E-state index is 13.0. The van der Waals surface area contributed by atoms with E-state index in [2.05, 4.69) is 14.5 Å². The predicted octanol–water partition coefficient (Wildman–Crippen LogP) is 1.10. The van der Waals surface area contributed by atoms with Gasteiger partial charge in [0.15, 0.2) is 11.2 Å². The summed E-state index contributed by atoms with van der Waals surface area (Å²) in [6, 6.07) is 7.50. The van der Waals surface area contributed by atoms with Crippen molar-refractivity contribution in [3.05, 3.63) is 57.3 Å². The van der Waals surface area contributed by atoms with Crippen LogP contribution >= 0.6 is 0 Å². The van der Waals surface area contributed by atoms with Gasteiger partial charge in [0.05, 0.1) is 29.9 Å². The number of amides is 1. The molecular weight excluding hydrogens is 462 g/mol. The van der Waals surface area contributed by atoms with E-state index in [4.69, 9.17) is 0 Å². The van der Waals surface area contributed by atoms with E-state index >= 15 is 0 Å². The zero-order valence-corrected chi connectivity index (χ0v) is 21.0. The van der Waals surface area contributed by atoms with Crippen LogP contribution in [0.1, 0.15) is 38.1 Å². The van der Waals surface area contributed by atoms with Crippen molar-refractivity contribution < 1.29 is 9.90 Å². The molecule has 1 aliphatic heterocycles. The second kappa shape index (κ2) is 8.74.